The second-order valence-electron chi connectivity index (χ2n) is 6.78. The summed E-state index contributed by atoms with van der Waals surface area (Å²) in [7, 11) is 0. The van der Waals surface area contributed by atoms with Crippen LogP contribution in [0.15, 0.2) is 42.6 Å². The lowest BCUT2D eigenvalue weighted by Gasteiger charge is -2.32. The first-order valence-corrected chi connectivity index (χ1v) is 9.02. The van der Waals surface area contributed by atoms with Crippen molar-refractivity contribution in [2.24, 2.45) is 5.92 Å². The Bertz CT molecular complexity index is 793. The second kappa shape index (κ2) is 8.62. The summed E-state index contributed by atoms with van der Waals surface area (Å²) in [6.07, 6.45) is 3.20. The minimum Gasteiger partial charge on any atom is -0.334 e. The van der Waals surface area contributed by atoms with E-state index in [1.165, 1.54) is 12.1 Å². The predicted molar refractivity (Wildman–Crippen MR) is 101 cm³/mol. The van der Waals surface area contributed by atoms with E-state index in [-0.39, 0.29) is 23.7 Å². The molecule has 7 heteroatoms. The molecule has 0 unspecified atom stereocenters. The SMILES string of the molecule is Cc1ccc(NC(=O)[C@@H]2CCCN(C(=O)NCc3ccc(F)cc3)C2)nc1. The normalized spacial score (nSPS) is 16.7. The van der Waals surface area contributed by atoms with Crippen molar-refractivity contribution in [2.75, 3.05) is 18.4 Å². The number of aromatic nitrogens is 1. The molecule has 1 aliphatic heterocycles. The summed E-state index contributed by atoms with van der Waals surface area (Å²) in [6, 6.07) is 9.43. The van der Waals surface area contributed by atoms with E-state index in [0.29, 0.717) is 25.5 Å². The molecule has 0 saturated carbocycles. The van der Waals surface area contributed by atoms with Gasteiger partial charge in [0.25, 0.3) is 0 Å². The van der Waals surface area contributed by atoms with E-state index < -0.39 is 0 Å². The monoisotopic (exact) mass is 370 g/mol. The van der Waals surface area contributed by atoms with Gasteiger partial charge in [-0.25, -0.2) is 14.2 Å². The smallest absolute Gasteiger partial charge is 0.317 e. The van der Waals surface area contributed by atoms with Gasteiger partial charge in [0.1, 0.15) is 11.6 Å². The van der Waals surface area contributed by atoms with Gasteiger partial charge in [0, 0.05) is 25.8 Å². The maximum Gasteiger partial charge on any atom is 0.317 e. The second-order valence-corrected chi connectivity index (χ2v) is 6.78. The van der Waals surface area contributed by atoms with Crippen LogP contribution in [-0.2, 0) is 11.3 Å². The highest BCUT2D eigenvalue weighted by atomic mass is 19.1. The molecule has 3 amide bonds. The molecule has 1 fully saturated rings. The summed E-state index contributed by atoms with van der Waals surface area (Å²) in [4.78, 5) is 30.7. The highest BCUT2D eigenvalue weighted by Gasteiger charge is 2.28. The summed E-state index contributed by atoms with van der Waals surface area (Å²) >= 11 is 0. The van der Waals surface area contributed by atoms with E-state index in [0.717, 1.165) is 24.0 Å². The Balaban J connectivity index is 1.51. The quantitative estimate of drug-likeness (QED) is 0.869. The number of aryl methyl sites for hydroxylation is 1. The average Bonchev–Trinajstić information content (AvgIpc) is 2.69. The standard InChI is InChI=1S/C20H23FN4O2/c1-14-4-9-18(22-11-14)24-19(26)16-3-2-10-25(13-16)20(27)23-12-15-5-7-17(21)8-6-15/h4-9,11,16H,2-3,10,12-13H2,1H3,(H,23,27)(H,22,24,26)/t16-/m1/s1. The lowest BCUT2D eigenvalue weighted by atomic mass is 9.97. The van der Waals surface area contributed by atoms with Crippen molar-refractivity contribution in [3.05, 3.63) is 59.5 Å². The van der Waals surface area contributed by atoms with E-state index in [4.69, 9.17) is 0 Å². The van der Waals surface area contributed by atoms with E-state index in [1.807, 2.05) is 13.0 Å². The number of rotatable bonds is 4. The van der Waals surface area contributed by atoms with Crippen LogP contribution in [0.1, 0.15) is 24.0 Å². The van der Waals surface area contributed by atoms with E-state index in [1.54, 1.807) is 29.3 Å². The largest absolute Gasteiger partial charge is 0.334 e. The van der Waals surface area contributed by atoms with Gasteiger partial charge in [0.05, 0.1) is 5.92 Å². The Morgan fingerprint density at radius 2 is 2.00 bits per heavy atom. The number of amides is 3. The van der Waals surface area contributed by atoms with Gasteiger partial charge in [0.15, 0.2) is 0 Å². The topological polar surface area (TPSA) is 74.3 Å². The Hall–Kier alpha value is -2.96. The van der Waals surface area contributed by atoms with Crippen LogP contribution < -0.4 is 10.6 Å². The van der Waals surface area contributed by atoms with Crippen LogP contribution in [0.4, 0.5) is 15.0 Å². The molecular formula is C20H23FN4O2. The lowest BCUT2D eigenvalue weighted by molar-refractivity contribution is -0.121. The highest BCUT2D eigenvalue weighted by Crippen LogP contribution is 2.18. The molecule has 0 bridgehead atoms. The van der Waals surface area contributed by atoms with E-state index in [2.05, 4.69) is 15.6 Å². The minimum atomic E-state index is -0.307. The van der Waals surface area contributed by atoms with Crippen molar-refractivity contribution in [1.82, 2.24) is 15.2 Å². The van der Waals surface area contributed by atoms with Crippen molar-refractivity contribution in [3.8, 4) is 0 Å². The molecule has 2 aromatic rings. The summed E-state index contributed by atoms with van der Waals surface area (Å²) < 4.78 is 12.9. The van der Waals surface area contributed by atoms with Crippen LogP contribution >= 0.6 is 0 Å². The van der Waals surface area contributed by atoms with E-state index >= 15 is 0 Å². The molecule has 0 radical (unpaired) electrons. The summed E-state index contributed by atoms with van der Waals surface area (Å²) in [6.45, 7) is 3.23. The average molecular weight is 370 g/mol. The molecule has 3 rings (SSSR count). The fourth-order valence-corrected chi connectivity index (χ4v) is 3.04. The van der Waals surface area contributed by atoms with Gasteiger partial charge < -0.3 is 15.5 Å². The molecule has 1 aromatic heterocycles. The number of carbonyl (C=O) groups is 2. The number of nitrogens with zero attached hydrogens (tertiary/aromatic N) is 2. The molecule has 0 spiro atoms. The zero-order valence-electron chi connectivity index (χ0n) is 15.2. The van der Waals surface area contributed by atoms with Crippen molar-refractivity contribution >= 4 is 17.8 Å². The lowest BCUT2D eigenvalue weighted by Crippen LogP contribution is -2.47. The molecule has 2 heterocycles. The molecule has 27 heavy (non-hydrogen) atoms. The molecule has 1 atom stereocenters. The van der Waals surface area contributed by atoms with Crippen LogP contribution in [0.2, 0.25) is 0 Å². The number of anilines is 1. The van der Waals surface area contributed by atoms with Gasteiger partial charge in [-0.15, -0.1) is 0 Å². The molecule has 6 nitrogen and oxygen atoms in total. The first-order valence-electron chi connectivity index (χ1n) is 9.02. The number of benzene rings is 1. The van der Waals surface area contributed by atoms with Gasteiger partial charge in [-0.2, -0.15) is 0 Å². The summed E-state index contributed by atoms with van der Waals surface area (Å²) in [5.41, 5.74) is 1.84. The summed E-state index contributed by atoms with van der Waals surface area (Å²) in [5, 5.41) is 5.64. The number of urea groups is 1. The molecule has 142 valence electrons. The number of pyridine rings is 1. The van der Waals surface area contributed by atoms with Crippen LogP contribution in [0.5, 0.6) is 0 Å². The van der Waals surface area contributed by atoms with E-state index in [9.17, 15) is 14.0 Å². The van der Waals surface area contributed by atoms with Crippen LogP contribution in [0.25, 0.3) is 0 Å². The number of halogens is 1. The van der Waals surface area contributed by atoms with Crippen molar-refractivity contribution in [1.29, 1.82) is 0 Å². The maximum absolute atomic E-state index is 12.9. The number of hydrogen-bond donors (Lipinski definition) is 2. The van der Waals surface area contributed by atoms with Gasteiger partial charge in [0.2, 0.25) is 5.91 Å². The van der Waals surface area contributed by atoms with Gasteiger partial charge in [-0.1, -0.05) is 18.2 Å². The number of likely N-dealkylation sites (tertiary alicyclic amines) is 1. The zero-order valence-corrected chi connectivity index (χ0v) is 15.2. The third-order valence-electron chi connectivity index (χ3n) is 4.60. The fourth-order valence-electron chi connectivity index (χ4n) is 3.04. The summed E-state index contributed by atoms with van der Waals surface area (Å²) in [5.74, 6) is -0.178. The Morgan fingerprint density at radius 3 is 2.70 bits per heavy atom. The predicted octanol–water partition coefficient (Wildman–Crippen LogP) is 3.09. The van der Waals surface area contributed by atoms with Crippen molar-refractivity contribution < 1.29 is 14.0 Å². The number of hydrogen-bond acceptors (Lipinski definition) is 3. The zero-order chi connectivity index (χ0) is 19.2. The Morgan fingerprint density at radius 1 is 1.22 bits per heavy atom. The third kappa shape index (κ3) is 5.26. The molecule has 1 saturated heterocycles. The highest BCUT2D eigenvalue weighted by molar-refractivity contribution is 5.92. The molecule has 1 aliphatic rings. The fraction of sp³-hybridized carbons (Fsp3) is 0.350. The number of piperidine rings is 1. The van der Waals surface area contributed by atoms with Crippen LogP contribution in [-0.4, -0.2) is 34.9 Å². The first-order chi connectivity index (χ1) is 13.0. The molecule has 1 aromatic carbocycles. The molecular weight excluding hydrogens is 347 g/mol. The van der Waals surface area contributed by atoms with Crippen LogP contribution in [0, 0.1) is 18.7 Å². The first kappa shape index (κ1) is 18.8. The Labute approximate surface area is 157 Å². The number of carbonyl (C=O) groups excluding carboxylic acids is 2. The Kier molecular flexibility index (Phi) is 6.01. The third-order valence-corrected chi connectivity index (χ3v) is 4.60. The van der Waals surface area contributed by atoms with Crippen LogP contribution in [0.3, 0.4) is 0 Å². The van der Waals surface area contributed by atoms with Gasteiger partial charge in [-0.05, 0) is 49.1 Å². The van der Waals surface area contributed by atoms with Crippen molar-refractivity contribution in [2.45, 2.75) is 26.3 Å². The van der Waals surface area contributed by atoms with Gasteiger partial charge in [-0.3, -0.25) is 4.79 Å². The maximum atomic E-state index is 12.9. The van der Waals surface area contributed by atoms with Gasteiger partial charge >= 0.3 is 6.03 Å². The van der Waals surface area contributed by atoms with Crippen molar-refractivity contribution in [3.63, 3.8) is 0 Å². The minimum absolute atomic E-state index is 0.123. The molecule has 2 N–H and O–H groups in total. The number of nitrogens with one attached hydrogen (secondary N) is 2. The molecule has 0 aliphatic carbocycles.